The van der Waals surface area contributed by atoms with Gasteiger partial charge in [-0.05, 0) is 26.2 Å². The molecule has 33 heavy (non-hydrogen) atoms. The van der Waals surface area contributed by atoms with Gasteiger partial charge in [-0.15, -0.1) is 24.2 Å². The van der Waals surface area contributed by atoms with Crippen molar-refractivity contribution in [1.82, 2.24) is 4.57 Å². The molecule has 5 rings (SSSR count). The number of thioether (sulfide) groups is 1. The minimum Gasteiger partial charge on any atom is -0.859 e. The van der Waals surface area contributed by atoms with Crippen LogP contribution in [-0.2, 0) is 29.0 Å². The number of carbonyl (C=O) groups is 1. The summed E-state index contributed by atoms with van der Waals surface area (Å²) in [6, 6.07) is 10.3. The molecular formula is C25H30ClN3O3S. The van der Waals surface area contributed by atoms with Gasteiger partial charge >= 0.3 is 5.97 Å². The van der Waals surface area contributed by atoms with Crippen LogP contribution in [0.3, 0.4) is 0 Å². The van der Waals surface area contributed by atoms with Crippen LogP contribution in [0.5, 0.6) is 0 Å². The highest BCUT2D eigenvalue weighted by Crippen LogP contribution is 2.49. The molecule has 1 saturated carbocycles. The zero-order chi connectivity index (χ0) is 22.1. The van der Waals surface area contributed by atoms with Crippen molar-refractivity contribution in [1.29, 1.82) is 0 Å². The van der Waals surface area contributed by atoms with Gasteiger partial charge in [0, 0.05) is 22.6 Å². The topological polar surface area (TPSA) is 70.5 Å². The Balaban J connectivity index is 0.00000259. The van der Waals surface area contributed by atoms with Gasteiger partial charge in [-0.25, -0.2) is 13.9 Å². The summed E-state index contributed by atoms with van der Waals surface area (Å²) in [4.78, 5) is 17.2. The van der Waals surface area contributed by atoms with Crippen LogP contribution in [0.4, 0.5) is 0 Å². The largest absolute Gasteiger partial charge is 0.859 e. The number of halogens is 1. The van der Waals surface area contributed by atoms with Crippen LogP contribution < -0.4 is 9.67 Å². The zero-order valence-electron chi connectivity index (χ0n) is 18.9. The van der Waals surface area contributed by atoms with Gasteiger partial charge in [0.15, 0.2) is 5.69 Å². The molecule has 0 amide bonds. The lowest BCUT2D eigenvalue weighted by Crippen LogP contribution is -2.44. The molecule has 1 aromatic carbocycles. The molecule has 2 aliphatic heterocycles. The Labute approximate surface area is 205 Å². The lowest BCUT2D eigenvalue weighted by atomic mass is 9.84. The van der Waals surface area contributed by atoms with E-state index >= 15 is 0 Å². The Morgan fingerprint density at radius 1 is 1.24 bits per heavy atom. The van der Waals surface area contributed by atoms with Gasteiger partial charge in [-0.3, -0.25) is 4.99 Å². The fourth-order valence-corrected chi connectivity index (χ4v) is 6.77. The molecule has 176 valence electrons. The number of ether oxygens (including phenoxy) is 1. The molecule has 0 radical (unpaired) electrons. The molecule has 1 fully saturated rings. The van der Waals surface area contributed by atoms with Crippen LogP contribution in [0.25, 0.3) is 11.3 Å². The molecule has 8 heteroatoms. The highest BCUT2D eigenvalue weighted by atomic mass is 35.5. The van der Waals surface area contributed by atoms with Crippen molar-refractivity contribution >= 4 is 36.0 Å². The monoisotopic (exact) mass is 487 g/mol. The zero-order valence-corrected chi connectivity index (χ0v) is 20.5. The van der Waals surface area contributed by atoms with Crippen molar-refractivity contribution in [3.63, 3.8) is 0 Å². The number of fused-ring (bicyclic) bond motifs is 2. The standard InChI is InChI=1S/C25H29N3O3S.ClH/c1-2-31-25(30)23-18-11-6-7-12-20(18)32-24(23)26-21(29)16-27-15-19(17-9-4-3-5-10-17)28-14-8-13-22(27)28;/h3-5,9-10,15,18,20H,2,6-8,11-14,16H2,1H3;1H. The molecule has 0 N–H and O–H groups in total. The van der Waals surface area contributed by atoms with Crippen molar-refractivity contribution < 1.29 is 19.2 Å². The fraction of sp³-hybridized carbons (Fsp3) is 0.480. The molecule has 3 heterocycles. The van der Waals surface area contributed by atoms with Gasteiger partial charge in [0.25, 0.3) is 5.82 Å². The smallest absolute Gasteiger partial charge is 0.337 e. The number of nitrogens with zero attached hydrogens (tertiary/aromatic N) is 3. The van der Waals surface area contributed by atoms with Crippen molar-refractivity contribution in [3.8, 4) is 11.3 Å². The molecule has 1 aromatic heterocycles. The van der Waals surface area contributed by atoms with Gasteiger partial charge in [0.2, 0.25) is 0 Å². The number of aliphatic imine (C=N–C) groups is 1. The Morgan fingerprint density at radius 2 is 2.03 bits per heavy atom. The first-order chi connectivity index (χ1) is 15.7. The Hall–Kier alpha value is -2.25. The van der Waals surface area contributed by atoms with Gasteiger partial charge in [-0.1, -0.05) is 43.2 Å². The molecule has 0 spiro atoms. The molecule has 2 unspecified atom stereocenters. The summed E-state index contributed by atoms with van der Waals surface area (Å²) in [6.45, 7) is 3.31. The Bertz CT molecular complexity index is 1080. The lowest BCUT2D eigenvalue weighted by Gasteiger charge is -2.25. The number of imidazole rings is 1. The lowest BCUT2D eigenvalue weighted by molar-refractivity contribution is -0.693. The van der Waals surface area contributed by atoms with Crippen molar-refractivity contribution in [2.75, 3.05) is 6.61 Å². The average Bonchev–Trinajstić information content (AvgIpc) is 3.49. The van der Waals surface area contributed by atoms with E-state index in [9.17, 15) is 9.90 Å². The van der Waals surface area contributed by atoms with E-state index in [1.165, 1.54) is 12.2 Å². The summed E-state index contributed by atoms with van der Waals surface area (Å²) in [5, 5.41) is 14.0. The number of hydrogen-bond donors (Lipinski definition) is 0. The maximum absolute atomic E-state index is 13.0. The molecule has 0 bridgehead atoms. The number of rotatable bonds is 6. The first-order valence-electron chi connectivity index (χ1n) is 11.7. The van der Waals surface area contributed by atoms with Gasteiger partial charge in [0.1, 0.15) is 17.8 Å². The van der Waals surface area contributed by atoms with Crippen molar-refractivity contribution in [3.05, 3.63) is 53.0 Å². The highest BCUT2D eigenvalue weighted by Gasteiger charge is 2.41. The number of esters is 1. The second-order valence-corrected chi connectivity index (χ2v) is 9.90. The van der Waals surface area contributed by atoms with E-state index in [-0.39, 0.29) is 36.7 Å². The van der Waals surface area contributed by atoms with Crippen LogP contribution in [0.2, 0.25) is 0 Å². The summed E-state index contributed by atoms with van der Waals surface area (Å²) in [7, 11) is 0. The number of hydrogen-bond acceptors (Lipinski definition) is 5. The van der Waals surface area contributed by atoms with Crippen LogP contribution in [0, 0.1) is 5.92 Å². The van der Waals surface area contributed by atoms with Crippen LogP contribution in [-0.4, -0.2) is 28.3 Å². The van der Waals surface area contributed by atoms with Gasteiger partial charge < -0.3 is 9.84 Å². The molecule has 0 saturated heterocycles. The molecular weight excluding hydrogens is 458 g/mol. The highest BCUT2D eigenvalue weighted by molar-refractivity contribution is 8.04. The van der Waals surface area contributed by atoms with Crippen LogP contribution >= 0.6 is 24.2 Å². The van der Waals surface area contributed by atoms with Crippen LogP contribution in [0.1, 0.15) is 44.9 Å². The number of aromatic nitrogens is 2. The third-order valence-electron chi connectivity index (χ3n) is 6.66. The number of benzene rings is 1. The van der Waals surface area contributed by atoms with Crippen molar-refractivity contribution in [2.24, 2.45) is 10.9 Å². The Kier molecular flexibility index (Phi) is 7.49. The van der Waals surface area contributed by atoms with Crippen LogP contribution in [0.15, 0.2) is 52.1 Å². The predicted molar refractivity (Wildman–Crippen MR) is 130 cm³/mol. The molecule has 6 nitrogen and oxygen atoms in total. The SMILES string of the molecule is CCOC(=O)C1=C(N=C([O-])C[n+]2cc(-c3ccccc3)n3c2CCC3)SC2CCCCC12.Cl. The third-order valence-corrected chi connectivity index (χ3v) is 8.06. The molecule has 2 aromatic rings. The normalized spacial score (nSPS) is 22.0. The maximum Gasteiger partial charge on any atom is 0.337 e. The molecule has 3 aliphatic rings. The maximum atomic E-state index is 13.0. The quantitative estimate of drug-likeness (QED) is 0.270. The first-order valence-corrected chi connectivity index (χ1v) is 12.5. The van der Waals surface area contributed by atoms with E-state index in [1.54, 1.807) is 11.8 Å². The van der Waals surface area contributed by atoms with E-state index in [4.69, 9.17) is 4.74 Å². The fourth-order valence-electron chi connectivity index (χ4n) is 5.25. The third kappa shape index (κ3) is 4.71. The molecule has 2 atom stereocenters. The minimum absolute atomic E-state index is 0. The van der Waals surface area contributed by atoms with Gasteiger partial charge in [0.05, 0.1) is 25.1 Å². The summed E-state index contributed by atoms with van der Waals surface area (Å²) in [5.74, 6) is 0.817. The number of carbonyl (C=O) groups excluding carboxylic acids is 1. The summed E-state index contributed by atoms with van der Waals surface area (Å²) in [5.41, 5.74) is 2.92. The van der Waals surface area contributed by atoms with E-state index in [0.717, 1.165) is 49.9 Å². The van der Waals surface area contributed by atoms with E-state index in [0.29, 0.717) is 22.5 Å². The van der Waals surface area contributed by atoms with Gasteiger partial charge in [-0.2, -0.15) is 0 Å². The summed E-state index contributed by atoms with van der Waals surface area (Å²) in [6.07, 6.45) is 8.42. The second kappa shape index (κ2) is 10.3. The summed E-state index contributed by atoms with van der Waals surface area (Å²) >= 11 is 1.60. The Morgan fingerprint density at radius 3 is 2.82 bits per heavy atom. The van der Waals surface area contributed by atoms with E-state index < -0.39 is 0 Å². The first kappa shape index (κ1) is 23.9. The summed E-state index contributed by atoms with van der Waals surface area (Å²) < 4.78 is 9.68. The van der Waals surface area contributed by atoms with Crippen molar-refractivity contribution in [2.45, 2.75) is 63.8 Å². The minimum atomic E-state index is -0.301. The van der Waals surface area contributed by atoms with E-state index in [1.807, 2.05) is 29.7 Å². The second-order valence-electron chi connectivity index (χ2n) is 8.67. The molecule has 1 aliphatic carbocycles. The average molecular weight is 488 g/mol. The van der Waals surface area contributed by atoms with E-state index in [2.05, 4.69) is 27.9 Å². The predicted octanol–water partition coefficient (Wildman–Crippen LogP) is 3.65.